The highest BCUT2D eigenvalue weighted by atomic mass is 28.4. The second kappa shape index (κ2) is 7.93. The van der Waals surface area contributed by atoms with Crippen LogP contribution in [0.2, 0.25) is 18.1 Å². The number of ether oxygens (including phenoxy) is 2. The van der Waals surface area contributed by atoms with Crippen molar-refractivity contribution in [1.29, 1.82) is 0 Å². The van der Waals surface area contributed by atoms with Crippen LogP contribution < -0.4 is 10.3 Å². The van der Waals surface area contributed by atoms with Crippen molar-refractivity contribution in [2.45, 2.75) is 52.4 Å². The van der Waals surface area contributed by atoms with Gasteiger partial charge >= 0.3 is 11.5 Å². The topological polar surface area (TPSA) is 79.7 Å². The van der Waals surface area contributed by atoms with Crippen LogP contribution in [-0.4, -0.2) is 44.2 Å². The van der Waals surface area contributed by atoms with Gasteiger partial charge in [0.05, 0.1) is 20.3 Å². The van der Waals surface area contributed by atoms with Crippen LogP contribution in [0.15, 0.2) is 11.0 Å². The van der Waals surface area contributed by atoms with Crippen molar-refractivity contribution in [2.75, 3.05) is 20.3 Å². The van der Waals surface area contributed by atoms with Crippen molar-refractivity contribution in [3.63, 3.8) is 0 Å². The average molecular weight is 356 g/mol. The van der Waals surface area contributed by atoms with Crippen molar-refractivity contribution in [2.24, 2.45) is 0 Å². The first-order valence-corrected chi connectivity index (χ1v) is 10.9. The Morgan fingerprint density at radius 3 is 2.46 bits per heavy atom. The van der Waals surface area contributed by atoms with Gasteiger partial charge in [-0.2, -0.15) is 4.98 Å². The molecule has 0 unspecified atom stereocenters. The molecular formula is C16H28N2O5Si. The second-order valence-corrected chi connectivity index (χ2v) is 11.8. The Bertz CT molecular complexity index is 634. The van der Waals surface area contributed by atoms with Crippen molar-refractivity contribution < 1.29 is 18.7 Å². The Hall–Kier alpha value is -1.67. The number of rotatable bonds is 7. The van der Waals surface area contributed by atoms with E-state index >= 15 is 0 Å². The van der Waals surface area contributed by atoms with Gasteiger partial charge in [0.15, 0.2) is 14.0 Å². The van der Waals surface area contributed by atoms with Crippen LogP contribution in [0, 0.1) is 0 Å². The molecule has 0 spiro atoms. The summed E-state index contributed by atoms with van der Waals surface area (Å²) in [5, 5.41) is 0.0873. The minimum atomic E-state index is -1.90. The van der Waals surface area contributed by atoms with Crippen molar-refractivity contribution in [1.82, 2.24) is 9.55 Å². The molecule has 0 fully saturated rings. The zero-order valence-corrected chi connectivity index (χ0v) is 16.6. The molecule has 0 aliphatic heterocycles. The van der Waals surface area contributed by atoms with Crippen LogP contribution in [0.4, 0.5) is 0 Å². The molecule has 24 heavy (non-hydrogen) atoms. The van der Waals surface area contributed by atoms with Crippen LogP contribution in [-0.2, 0) is 15.7 Å². The third kappa shape index (κ3) is 4.91. The second-order valence-electron chi connectivity index (χ2n) is 6.96. The smallest absolute Gasteiger partial charge is 0.358 e. The summed E-state index contributed by atoms with van der Waals surface area (Å²) in [6, 6.07) is 0. The Balaban J connectivity index is 2.97. The lowest BCUT2D eigenvalue weighted by Crippen LogP contribution is -2.42. The molecule has 7 nitrogen and oxygen atoms in total. The normalized spacial score (nSPS) is 12.1. The summed E-state index contributed by atoms with van der Waals surface area (Å²) < 4.78 is 17.4. The zero-order chi connectivity index (χ0) is 18.5. The van der Waals surface area contributed by atoms with Gasteiger partial charge in [-0.05, 0) is 25.1 Å². The minimum absolute atomic E-state index is 0.0422. The van der Waals surface area contributed by atoms with E-state index in [1.165, 1.54) is 17.9 Å². The zero-order valence-electron chi connectivity index (χ0n) is 15.6. The molecule has 0 aliphatic carbocycles. The van der Waals surface area contributed by atoms with E-state index in [2.05, 4.69) is 38.8 Å². The molecule has 0 bridgehead atoms. The lowest BCUT2D eigenvalue weighted by atomic mass is 10.2. The van der Waals surface area contributed by atoms with Gasteiger partial charge in [-0.15, -0.1) is 0 Å². The molecule has 0 atom stereocenters. The summed E-state index contributed by atoms with van der Waals surface area (Å²) in [6.45, 7) is 13.4. The fourth-order valence-corrected chi connectivity index (χ4v) is 2.77. The molecule has 0 aliphatic rings. The fraction of sp³-hybridized carbons (Fsp3) is 0.688. The molecule has 0 saturated heterocycles. The van der Waals surface area contributed by atoms with Crippen molar-refractivity contribution in [3.8, 4) is 5.88 Å². The number of nitrogens with zero attached hydrogens (tertiary/aromatic N) is 2. The maximum Gasteiger partial charge on any atom is 0.358 e. The molecule has 0 N–H and O–H groups in total. The Morgan fingerprint density at radius 1 is 1.33 bits per heavy atom. The number of esters is 1. The van der Waals surface area contributed by atoms with Gasteiger partial charge in [0, 0.05) is 12.7 Å². The van der Waals surface area contributed by atoms with E-state index in [0.29, 0.717) is 13.2 Å². The van der Waals surface area contributed by atoms with Crippen LogP contribution >= 0.6 is 0 Å². The molecule has 1 aromatic rings. The highest BCUT2D eigenvalue weighted by molar-refractivity contribution is 6.74. The van der Waals surface area contributed by atoms with Gasteiger partial charge in [-0.1, -0.05) is 20.8 Å². The van der Waals surface area contributed by atoms with E-state index in [1.807, 2.05) is 0 Å². The first-order chi connectivity index (χ1) is 11.0. The summed E-state index contributed by atoms with van der Waals surface area (Å²) in [4.78, 5) is 28.0. The summed E-state index contributed by atoms with van der Waals surface area (Å²) in [6.07, 6.45) is 1.39. The molecule has 1 rings (SSSR count). The van der Waals surface area contributed by atoms with Crippen molar-refractivity contribution >= 4 is 14.3 Å². The Kier molecular flexibility index (Phi) is 6.73. The number of hydrogen-bond donors (Lipinski definition) is 0. The van der Waals surface area contributed by atoms with E-state index in [4.69, 9.17) is 13.9 Å². The fourth-order valence-electron chi connectivity index (χ4n) is 1.73. The van der Waals surface area contributed by atoms with Gasteiger partial charge < -0.3 is 18.5 Å². The number of hydrogen-bond acceptors (Lipinski definition) is 6. The van der Waals surface area contributed by atoms with Crippen molar-refractivity contribution in [3.05, 3.63) is 22.2 Å². The summed E-state index contributed by atoms with van der Waals surface area (Å²) >= 11 is 0. The van der Waals surface area contributed by atoms with E-state index in [0.717, 1.165) is 0 Å². The number of carbonyl (C=O) groups is 1. The largest absolute Gasteiger partial charge is 0.477 e. The molecule has 0 aromatic carbocycles. The van der Waals surface area contributed by atoms with Gasteiger partial charge in [0.25, 0.3) is 5.88 Å². The third-order valence-corrected chi connectivity index (χ3v) is 8.76. The summed E-state index contributed by atoms with van der Waals surface area (Å²) in [7, 11) is -0.558. The van der Waals surface area contributed by atoms with Gasteiger partial charge in [0.2, 0.25) is 0 Å². The number of aromatic nitrogens is 2. The lowest BCUT2D eigenvalue weighted by Gasteiger charge is -2.36. The first-order valence-electron chi connectivity index (χ1n) is 8.00. The molecule has 0 saturated carbocycles. The van der Waals surface area contributed by atoms with Crippen LogP contribution in [0.1, 0.15) is 38.2 Å². The van der Waals surface area contributed by atoms with E-state index in [-0.39, 0.29) is 23.2 Å². The summed E-state index contributed by atoms with van der Waals surface area (Å²) in [5.41, 5.74) is -0.356. The highest BCUT2D eigenvalue weighted by Crippen LogP contribution is 2.36. The number of methoxy groups -OCH3 is 1. The van der Waals surface area contributed by atoms with Crippen LogP contribution in [0.25, 0.3) is 0 Å². The quantitative estimate of drug-likeness (QED) is 0.551. The average Bonchev–Trinajstić information content (AvgIpc) is 2.47. The molecule has 136 valence electrons. The molecule has 0 amide bonds. The minimum Gasteiger partial charge on any atom is -0.477 e. The molecule has 8 heteroatoms. The maximum absolute atomic E-state index is 12.3. The highest BCUT2D eigenvalue weighted by Gasteiger charge is 2.36. The third-order valence-electron chi connectivity index (χ3n) is 4.22. The molecule has 0 radical (unpaired) electrons. The summed E-state index contributed by atoms with van der Waals surface area (Å²) in [5.74, 6) is -0.720. The van der Waals surface area contributed by atoms with Gasteiger partial charge in [0.1, 0.15) is 0 Å². The van der Waals surface area contributed by atoms with Crippen LogP contribution in [0.5, 0.6) is 5.88 Å². The lowest BCUT2D eigenvalue weighted by molar-refractivity contribution is 0.0516. The maximum atomic E-state index is 12.3. The van der Waals surface area contributed by atoms with E-state index in [9.17, 15) is 9.59 Å². The van der Waals surface area contributed by atoms with Gasteiger partial charge in [-0.25, -0.2) is 4.79 Å². The van der Waals surface area contributed by atoms with E-state index < -0.39 is 19.8 Å². The molecule has 1 aromatic heterocycles. The SMILES string of the molecule is CCOC(=O)c1cn(CCO[Si](C)(C)C(C)(C)C)c(=O)c(OC)n1. The van der Waals surface area contributed by atoms with Crippen LogP contribution in [0.3, 0.4) is 0 Å². The Labute approximate surface area is 144 Å². The predicted octanol–water partition coefficient (Wildman–Crippen LogP) is 2.45. The van der Waals surface area contributed by atoms with Gasteiger partial charge in [-0.3, -0.25) is 4.79 Å². The first kappa shape index (κ1) is 20.4. The predicted molar refractivity (Wildman–Crippen MR) is 94.2 cm³/mol. The van der Waals surface area contributed by atoms with E-state index in [1.54, 1.807) is 6.92 Å². The Morgan fingerprint density at radius 2 is 1.96 bits per heavy atom. The number of carbonyl (C=O) groups excluding carboxylic acids is 1. The molecule has 1 heterocycles. The monoisotopic (exact) mass is 356 g/mol. The molecular weight excluding hydrogens is 328 g/mol. The standard InChI is InChI=1S/C16H28N2O5Si/c1-8-22-15(20)12-11-18(14(19)13(17-12)21-5)9-10-23-24(6,7)16(2,3)4/h11H,8-10H2,1-7H3.